The van der Waals surface area contributed by atoms with Gasteiger partial charge in [-0.15, -0.1) is 0 Å². The predicted octanol–water partition coefficient (Wildman–Crippen LogP) is 6.30. The van der Waals surface area contributed by atoms with Crippen molar-refractivity contribution >= 4 is 17.5 Å². The molecule has 0 saturated heterocycles. The van der Waals surface area contributed by atoms with Gasteiger partial charge in [0.1, 0.15) is 0 Å². The lowest BCUT2D eigenvalue weighted by Gasteiger charge is -2.33. The highest BCUT2D eigenvalue weighted by molar-refractivity contribution is 5.66. The summed E-state index contributed by atoms with van der Waals surface area (Å²) in [7, 11) is 0. The number of hydrogen-bond donors (Lipinski definition) is 0. The minimum atomic E-state index is 0.366. The summed E-state index contributed by atoms with van der Waals surface area (Å²) in [5.74, 6) is 0. The van der Waals surface area contributed by atoms with Gasteiger partial charge < -0.3 is 4.90 Å². The third kappa shape index (κ3) is 3.57. The Morgan fingerprint density at radius 1 is 0.875 bits per heavy atom. The topological polar surface area (TPSA) is 3.24 Å². The molecule has 1 unspecified atom stereocenters. The fourth-order valence-electron chi connectivity index (χ4n) is 3.13. The first-order valence-corrected chi connectivity index (χ1v) is 8.36. The number of para-hydroxylation sites is 1. The van der Waals surface area contributed by atoms with Crippen molar-refractivity contribution in [1.82, 2.24) is 0 Å². The molecule has 1 aliphatic rings. The van der Waals surface area contributed by atoms with Crippen LogP contribution < -0.4 is 4.90 Å². The average Bonchev–Trinajstić information content (AvgIpc) is 2.89. The lowest BCUT2D eigenvalue weighted by molar-refractivity contribution is 0.662. The molecule has 3 rings (SSSR count). The first-order valence-electron chi connectivity index (χ1n) is 8.36. The van der Waals surface area contributed by atoms with Crippen molar-refractivity contribution in [2.45, 2.75) is 18.9 Å². The Bertz CT molecular complexity index is 750. The van der Waals surface area contributed by atoms with Gasteiger partial charge in [0.25, 0.3) is 0 Å². The van der Waals surface area contributed by atoms with Gasteiger partial charge in [0.05, 0.1) is 0 Å². The molecular weight excluding hydrogens is 290 g/mol. The van der Waals surface area contributed by atoms with E-state index >= 15 is 0 Å². The zero-order valence-electron chi connectivity index (χ0n) is 13.9. The van der Waals surface area contributed by atoms with Gasteiger partial charge in [-0.05, 0) is 48.2 Å². The number of rotatable bonds is 5. The average molecular weight is 313 g/mol. The Morgan fingerprint density at radius 3 is 2.25 bits per heavy atom. The fourth-order valence-corrected chi connectivity index (χ4v) is 3.13. The maximum atomic E-state index is 3.96. The van der Waals surface area contributed by atoms with Crippen LogP contribution >= 0.6 is 0 Å². The molecule has 0 N–H and O–H groups in total. The molecule has 0 aliphatic heterocycles. The molecule has 24 heavy (non-hydrogen) atoms. The van der Waals surface area contributed by atoms with Gasteiger partial charge in [-0.3, -0.25) is 0 Å². The van der Waals surface area contributed by atoms with Crippen LogP contribution in [0, 0.1) is 0 Å². The SMILES string of the molecule is C=CC1=CC=CCC(N(c2ccccc2)c2ccc(C=C)cc2)C1. The second-order valence-electron chi connectivity index (χ2n) is 5.97. The molecule has 1 atom stereocenters. The Morgan fingerprint density at radius 2 is 1.58 bits per heavy atom. The van der Waals surface area contributed by atoms with E-state index in [0.717, 1.165) is 18.4 Å². The number of allylic oxidation sites excluding steroid dienone is 3. The summed E-state index contributed by atoms with van der Waals surface area (Å²) in [4.78, 5) is 2.43. The molecule has 1 heteroatoms. The van der Waals surface area contributed by atoms with Crippen LogP contribution in [0.25, 0.3) is 6.08 Å². The first-order chi connectivity index (χ1) is 11.8. The van der Waals surface area contributed by atoms with Gasteiger partial charge in [-0.25, -0.2) is 0 Å². The highest BCUT2D eigenvalue weighted by Crippen LogP contribution is 2.33. The fraction of sp³-hybridized carbons (Fsp3) is 0.130. The molecule has 0 fully saturated rings. The van der Waals surface area contributed by atoms with Gasteiger partial charge >= 0.3 is 0 Å². The quantitative estimate of drug-likeness (QED) is 0.626. The zero-order chi connectivity index (χ0) is 16.8. The second kappa shape index (κ2) is 7.65. The monoisotopic (exact) mass is 313 g/mol. The Hall–Kier alpha value is -2.80. The van der Waals surface area contributed by atoms with Crippen LogP contribution in [0.4, 0.5) is 11.4 Å². The van der Waals surface area contributed by atoms with Crippen LogP contribution in [0.1, 0.15) is 18.4 Å². The largest absolute Gasteiger partial charge is 0.338 e. The smallest absolute Gasteiger partial charge is 0.0417 e. The highest BCUT2D eigenvalue weighted by Gasteiger charge is 2.21. The molecule has 0 amide bonds. The Kier molecular flexibility index (Phi) is 5.12. The molecule has 1 aliphatic carbocycles. The Labute approximate surface area is 144 Å². The van der Waals surface area contributed by atoms with Gasteiger partial charge in [0.2, 0.25) is 0 Å². The summed E-state index contributed by atoms with van der Waals surface area (Å²) < 4.78 is 0. The van der Waals surface area contributed by atoms with E-state index in [1.54, 1.807) is 0 Å². The summed E-state index contributed by atoms with van der Waals surface area (Å²) in [5.41, 5.74) is 4.83. The lowest BCUT2D eigenvalue weighted by Crippen LogP contribution is -2.30. The molecule has 120 valence electrons. The van der Waals surface area contributed by atoms with Crippen LogP contribution in [0.3, 0.4) is 0 Å². The summed E-state index contributed by atoms with van der Waals surface area (Å²) in [6.07, 6.45) is 12.4. The third-order valence-electron chi connectivity index (χ3n) is 4.39. The van der Waals surface area contributed by atoms with E-state index in [0.29, 0.717) is 6.04 Å². The molecular formula is C23H23N. The van der Waals surface area contributed by atoms with Crippen molar-refractivity contribution in [3.05, 3.63) is 103 Å². The van der Waals surface area contributed by atoms with Gasteiger partial charge in [-0.1, -0.05) is 73.9 Å². The van der Waals surface area contributed by atoms with E-state index < -0.39 is 0 Å². The summed E-state index contributed by atoms with van der Waals surface area (Å²) in [6, 6.07) is 19.6. The van der Waals surface area contributed by atoms with Crippen LogP contribution in [0.15, 0.2) is 97.6 Å². The minimum Gasteiger partial charge on any atom is -0.338 e. The number of anilines is 2. The maximum Gasteiger partial charge on any atom is 0.0417 e. The summed E-state index contributed by atoms with van der Waals surface area (Å²) in [5, 5.41) is 0. The predicted molar refractivity (Wildman–Crippen MR) is 106 cm³/mol. The van der Waals surface area contributed by atoms with Gasteiger partial charge in [0, 0.05) is 17.4 Å². The van der Waals surface area contributed by atoms with Crippen molar-refractivity contribution in [3.8, 4) is 0 Å². The molecule has 0 heterocycles. The normalized spacial score (nSPS) is 16.8. The molecule has 2 aromatic rings. The van der Waals surface area contributed by atoms with Crippen molar-refractivity contribution in [2.75, 3.05) is 4.90 Å². The molecule has 1 nitrogen and oxygen atoms in total. The van der Waals surface area contributed by atoms with Crippen molar-refractivity contribution in [2.24, 2.45) is 0 Å². The molecule has 0 bridgehead atoms. The Balaban J connectivity index is 2.01. The number of benzene rings is 2. The standard InChI is InChI=1S/C23H23N/c1-3-19-14-16-22(17-15-19)24(21-11-6-5-7-12-21)23-13-9-8-10-20(4-2)18-23/h3-12,14-17,23H,1-2,13,18H2. The third-order valence-corrected chi connectivity index (χ3v) is 4.39. The maximum absolute atomic E-state index is 3.96. The van der Waals surface area contributed by atoms with E-state index in [1.165, 1.54) is 16.9 Å². The van der Waals surface area contributed by atoms with E-state index in [9.17, 15) is 0 Å². The molecule has 0 radical (unpaired) electrons. The van der Waals surface area contributed by atoms with Crippen LogP contribution in [-0.2, 0) is 0 Å². The lowest BCUT2D eigenvalue weighted by atomic mass is 10.0. The summed E-state index contributed by atoms with van der Waals surface area (Å²) in [6.45, 7) is 7.80. The molecule has 2 aromatic carbocycles. The molecule has 0 saturated carbocycles. The van der Waals surface area contributed by atoms with Crippen LogP contribution in [0.2, 0.25) is 0 Å². The van der Waals surface area contributed by atoms with E-state index in [1.807, 2.05) is 12.2 Å². The minimum absolute atomic E-state index is 0.366. The van der Waals surface area contributed by atoms with Crippen LogP contribution in [-0.4, -0.2) is 6.04 Å². The number of hydrogen-bond acceptors (Lipinski definition) is 1. The van der Waals surface area contributed by atoms with E-state index in [2.05, 4.69) is 90.9 Å². The van der Waals surface area contributed by atoms with Crippen molar-refractivity contribution < 1.29 is 0 Å². The van der Waals surface area contributed by atoms with E-state index in [4.69, 9.17) is 0 Å². The van der Waals surface area contributed by atoms with Crippen molar-refractivity contribution in [1.29, 1.82) is 0 Å². The number of nitrogens with zero attached hydrogens (tertiary/aromatic N) is 1. The second-order valence-corrected chi connectivity index (χ2v) is 5.97. The van der Waals surface area contributed by atoms with Crippen molar-refractivity contribution in [3.63, 3.8) is 0 Å². The first kappa shape index (κ1) is 16.1. The summed E-state index contributed by atoms with van der Waals surface area (Å²) >= 11 is 0. The molecule has 0 spiro atoms. The van der Waals surface area contributed by atoms with E-state index in [-0.39, 0.29) is 0 Å². The zero-order valence-corrected chi connectivity index (χ0v) is 13.9. The van der Waals surface area contributed by atoms with Crippen LogP contribution in [0.5, 0.6) is 0 Å². The molecule has 0 aromatic heterocycles. The van der Waals surface area contributed by atoms with Gasteiger partial charge in [0.15, 0.2) is 0 Å². The van der Waals surface area contributed by atoms with Gasteiger partial charge in [-0.2, -0.15) is 0 Å². The highest BCUT2D eigenvalue weighted by atomic mass is 15.2.